The van der Waals surface area contributed by atoms with Crippen LogP contribution in [0.4, 0.5) is 5.82 Å². The lowest BCUT2D eigenvalue weighted by Gasteiger charge is -2.19. The molecule has 4 N–H and O–H groups in total. The van der Waals surface area contributed by atoms with Gasteiger partial charge in [-0.1, -0.05) is 73.5 Å². The molecule has 0 fully saturated rings. The van der Waals surface area contributed by atoms with Gasteiger partial charge >= 0.3 is 13.3 Å². The first-order valence-electron chi connectivity index (χ1n) is 12.1. The molecule has 0 aliphatic carbocycles. The van der Waals surface area contributed by atoms with Gasteiger partial charge in [-0.25, -0.2) is 4.79 Å². The number of hydrogen-bond acceptors (Lipinski definition) is 9. The number of unbranched alkanes of at least 4 members (excludes halogenated alkanes) is 8. The summed E-state index contributed by atoms with van der Waals surface area (Å²) in [7, 11) is -0.199. The lowest BCUT2D eigenvalue weighted by Crippen LogP contribution is -2.32. The highest BCUT2D eigenvalue weighted by atomic mass is 33.1. The Kier molecular flexibility index (Phi) is 18.2. The van der Waals surface area contributed by atoms with E-state index in [1.807, 2.05) is 21.6 Å². The van der Waals surface area contributed by atoms with Gasteiger partial charge in [-0.2, -0.15) is 4.98 Å². The van der Waals surface area contributed by atoms with Crippen molar-refractivity contribution in [2.75, 3.05) is 36.8 Å². The minimum Gasteiger partial charge on any atom is -0.394 e. The summed E-state index contributed by atoms with van der Waals surface area (Å²) in [4.78, 5) is 25.3. The standard InChI is InChI=1S/C22H42N3O6PS2/c1-2-3-4-5-6-7-8-10-15-33-34-16-11-9-14-31-32(28,29)19-30-20(18-26)17-25-13-12-21(23)24-22(25)27/h12-13,20,26H,2-11,14-19H2,1H3,(H,28,29)(H2,23,24,27)/t20-/m0/s1. The van der Waals surface area contributed by atoms with Crippen LogP contribution < -0.4 is 11.4 Å². The van der Waals surface area contributed by atoms with Crippen LogP contribution in [0.25, 0.3) is 0 Å². The fraction of sp³-hybridized carbons (Fsp3) is 0.818. The van der Waals surface area contributed by atoms with Crippen molar-refractivity contribution >= 4 is 35.0 Å². The Bertz CT molecular complexity index is 756. The van der Waals surface area contributed by atoms with Crippen molar-refractivity contribution < 1.29 is 23.8 Å². The van der Waals surface area contributed by atoms with E-state index in [0.29, 0.717) is 6.42 Å². The molecule has 1 aromatic rings. The fourth-order valence-electron chi connectivity index (χ4n) is 3.08. The maximum atomic E-state index is 12.2. The van der Waals surface area contributed by atoms with Gasteiger partial charge in [0.1, 0.15) is 12.2 Å². The van der Waals surface area contributed by atoms with Crippen LogP contribution in [0.1, 0.15) is 71.1 Å². The number of hydrogen-bond donors (Lipinski definition) is 3. The third kappa shape index (κ3) is 16.2. The van der Waals surface area contributed by atoms with Crippen molar-refractivity contribution in [1.29, 1.82) is 0 Å². The maximum Gasteiger partial charge on any atom is 0.353 e. The summed E-state index contributed by atoms with van der Waals surface area (Å²) in [6.45, 7) is 1.97. The number of nitrogens with two attached hydrogens (primary N) is 1. The first kappa shape index (κ1) is 31.5. The fourth-order valence-corrected chi connectivity index (χ4v) is 6.27. The monoisotopic (exact) mass is 539 g/mol. The van der Waals surface area contributed by atoms with Crippen molar-refractivity contribution in [1.82, 2.24) is 9.55 Å². The predicted octanol–water partition coefficient (Wildman–Crippen LogP) is 4.66. The van der Waals surface area contributed by atoms with E-state index in [1.165, 1.54) is 73.9 Å². The van der Waals surface area contributed by atoms with E-state index in [9.17, 15) is 19.4 Å². The molecule has 2 atom stereocenters. The van der Waals surface area contributed by atoms with Crippen LogP contribution in [-0.4, -0.2) is 56.7 Å². The van der Waals surface area contributed by atoms with Gasteiger partial charge in [0.25, 0.3) is 0 Å². The summed E-state index contributed by atoms with van der Waals surface area (Å²) in [6.07, 6.45) is 12.3. The molecule has 0 amide bonds. The zero-order chi connectivity index (χ0) is 25.1. The molecule has 1 heterocycles. The van der Waals surface area contributed by atoms with Crippen molar-refractivity contribution in [2.24, 2.45) is 0 Å². The third-order valence-corrected chi connectivity index (χ3v) is 8.69. The lowest BCUT2D eigenvalue weighted by atomic mass is 10.1. The summed E-state index contributed by atoms with van der Waals surface area (Å²) in [5.74, 6) is 2.24. The molecule has 1 rings (SSSR count). The molecule has 1 unspecified atom stereocenters. The zero-order valence-electron chi connectivity index (χ0n) is 20.3. The Labute approximate surface area is 211 Å². The molecule has 0 saturated heterocycles. The molecule has 0 bridgehead atoms. The first-order chi connectivity index (χ1) is 16.4. The minimum atomic E-state index is -3.94. The molecular weight excluding hydrogens is 497 g/mol. The van der Waals surface area contributed by atoms with E-state index in [2.05, 4.69) is 11.9 Å². The Balaban J connectivity index is 2.04. The number of nitrogens with zero attached hydrogens (tertiary/aromatic N) is 2. The van der Waals surface area contributed by atoms with Crippen molar-refractivity contribution in [3.8, 4) is 0 Å². The number of nitrogen functional groups attached to an aromatic ring is 1. The van der Waals surface area contributed by atoms with Crippen molar-refractivity contribution in [3.63, 3.8) is 0 Å². The van der Waals surface area contributed by atoms with Crippen molar-refractivity contribution in [2.45, 2.75) is 83.8 Å². The number of anilines is 1. The van der Waals surface area contributed by atoms with Gasteiger partial charge in [0.2, 0.25) is 0 Å². The highest BCUT2D eigenvalue weighted by Crippen LogP contribution is 2.42. The number of ether oxygens (including phenoxy) is 1. The van der Waals surface area contributed by atoms with Gasteiger partial charge in [0.05, 0.1) is 25.9 Å². The van der Waals surface area contributed by atoms with Crippen LogP contribution in [0, 0.1) is 0 Å². The van der Waals surface area contributed by atoms with Gasteiger partial charge in [-0.15, -0.1) is 0 Å². The summed E-state index contributed by atoms with van der Waals surface area (Å²) >= 11 is 0. The van der Waals surface area contributed by atoms with E-state index in [0.717, 1.165) is 12.2 Å². The van der Waals surface area contributed by atoms with E-state index in [-0.39, 0.29) is 19.0 Å². The van der Waals surface area contributed by atoms with Gasteiger partial charge in [0.15, 0.2) is 0 Å². The van der Waals surface area contributed by atoms with E-state index in [1.54, 1.807) is 0 Å². The third-order valence-electron chi connectivity index (χ3n) is 5.05. The van der Waals surface area contributed by atoms with E-state index in [4.69, 9.17) is 15.0 Å². The van der Waals surface area contributed by atoms with Crippen LogP contribution in [0.2, 0.25) is 0 Å². The van der Waals surface area contributed by atoms with Crippen LogP contribution in [0.5, 0.6) is 0 Å². The number of aliphatic hydroxyl groups excluding tert-OH is 1. The minimum absolute atomic E-state index is 0.0174. The highest BCUT2D eigenvalue weighted by Gasteiger charge is 2.22. The van der Waals surface area contributed by atoms with E-state index < -0.39 is 32.3 Å². The summed E-state index contributed by atoms with van der Waals surface area (Å²) in [5, 5.41) is 9.44. The smallest absolute Gasteiger partial charge is 0.353 e. The number of aromatic nitrogens is 2. The van der Waals surface area contributed by atoms with Crippen LogP contribution in [0.3, 0.4) is 0 Å². The number of rotatable bonds is 22. The van der Waals surface area contributed by atoms with Crippen LogP contribution >= 0.6 is 29.2 Å². The molecule has 1 aromatic heterocycles. The van der Waals surface area contributed by atoms with Crippen LogP contribution in [0.15, 0.2) is 17.1 Å². The highest BCUT2D eigenvalue weighted by molar-refractivity contribution is 8.76. The summed E-state index contributed by atoms with van der Waals surface area (Å²) < 4.78 is 23.8. The summed E-state index contributed by atoms with van der Waals surface area (Å²) in [6, 6.07) is 1.45. The molecule has 9 nitrogen and oxygen atoms in total. The second-order valence-electron chi connectivity index (χ2n) is 8.18. The molecule has 12 heteroatoms. The normalized spacial score (nSPS) is 14.2. The molecular formula is C22H42N3O6PS2. The van der Waals surface area contributed by atoms with Gasteiger partial charge < -0.3 is 25.0 Å². The molecule has 0 aliphatic rings. The Hall–Kier alpha value is -0.550. The SMILES string of the molecule is CCCCCCCCCCSSCCCCOP(=O)(O)CO[C@H](CO)Cn1ccc(N)nc1=O. The predicted molar refractivity (Wildman–Crippen MR) is 142 cm³/mol. The summed E-state index contributed by atoms with van der Waals surface area (Å²) in [5.41, 5.74) is 4.86. The van der Waals surface area contributed by atoms with E-state index >= 15 is 0 Å². The van der Waals surface area contributed by atoms with Gasteiger partial charge in [-0.3, -0.25) is 9.13 Å². The molecule has 0 aliphatic heterocycles. The molecule has 0 saturated carbocycles. The lowest BCUT2D eigenvalue weighted by molar-refractivity contribution is 0.0167. The molecule has 0 aromatic carbocycles. The molecule has 0 radical (unpaired) electrons. The number of aliphatic hydroxyl groups is 1. The Morgan fingerprint density at radius 1 is 1.09 bits per heavy atom. The topological polar surface area (TPSA) is 137 Å². The largest absolute Gasteiger partial charge is 0.394 e. The van der Waals surface area contributed by atoms with Gasteiger partial charge in [0, 0.05) is 17.7 Å². The average molecular weight is 540 g/mol. The van der Waals surface area contributed by atoms with Crippen LogP contribution in [-0.2, 0) is 20.4 Å². The average Bonchev–Trinajstić information content (AvgIpc) is 2.80. The zero-order valence-corrected chi connectivity index (χ0v) is 22.8. The molecule has 198 valence electrons. The van der Waals surface area contributed by atoms with Crippen molar-refractivity contribution in [3.05, 3.63) is 22.7 Å². The second-order valence-corrected chi connectivity index (χ2v) is 12.7. The molecule has 34 heavy (non-hydrogen) atoms. The Morgan fingerprint density at radius 3 is 2.32 bits per heavy atom. The second kappa shape index (κ2) is 19.6. The maximum absolute atomic E-state index is 12.2. The van der Waals surface area contributed by atoms with Gasteiger partial charge in [-0.05, 0) is 25.3 Å². The first-order valence-corrected chi connectivity index (χ1v) is 16.4. The molecule has 0 spiro atoms. The Morgan fingerprint density at radius 2 is 1.71 bits per heavy atom. The quantitative estimate of drug-likeness (QED) is 0.108.